The lowest BCUT2D eigenvalue weighted by Gasteiger charge is -2.07. The molecule has 3 rings (SSSR count). The van der Waals surface area contributed by atoms with Gasteiger partial charge in [0.15, 0.2) is 0 Å². The van der Waals surface area contributed by atoms with E-state index < -0.39 is 21.2 Å². The maximum Gasteiger partial charge on any atom is 0.280 e. The van der Waals surface area contributed by atoms with Gasteiger partial charge < -0.3 is 9.84 Å². The molecule has 0 aromatic heterocycles. The molecule has 0 radical (unpaired) electrons. The third-order valence-corrected chi connectivity index (χ3v) is 3.59. The van der Waals surface area contributed by atoms with Gasteiger partial charge in [0.25, 0.3) is 11.4 Å². The second kappa shape index (κ2) is 6.89. The Balaban J connectivity index is 1.86. The molecule has 0 aliphatic carbocycles. The van der Waals surface area contributed by atoms with Crippen LogP contribution >= 0.6 is 0 Å². The Bertz CT molecular complexity index is 936. The fraction of sp³-hybridized carbons (Fsp3) is 0. The summed E-state index contributed by atoms with van der Waals surface area (Å²) in [5, 5.41) is 31.1. The molecule has 0 saturated carbocycles. The number of aromatic hydroxyl groups is 1. The van der Waals surface area contributed by atoms with Crippen LogP contribution < -0.4 is 4.74 Å². The molecule has 0 aliphatic heterocycles. The van der Waals surface area contributed by atoms with E-state index in [4.69, 9.17) is 4.74 Å². The topological polar surface area (TPSA) is 116 Å². The number of nitrogens with zero attached hydrogens (tertiary/aromatic N) is 2. The van der Waals surface area contributed by atoms with Gasteiger partial charge in [0.2, 0.25) is 0 Å². The van der Waals surface area contributed by atoms with Gasteiger partial charge in [-0.3, -0.25) is 20.2 Å². The first kappa shape index (κ1) is 16.9. The number of hydrogen-bond donors (Lipinski definition) is 1. The van der Waals surface area contributed by atoms with Crippen molar-refractivity contribution in [2.75, 3.05) is 0 Å². The number of phenols is 1. The van der Waals surface area contributed by atoms with Gasteiger partial charge >= 0.3 is 0 Å². The fourth-order valence-electron chi connectivity index (χ4n) is 2.34. The Morgan fingerprint density at radius 2 is 1.15 bits per heavy atom. The van der Waals surface area contributed by atoms with Crippen molar-refractivity contribution >= 4 is 11.4 Å². The largest absolute Gasteiger partial charge is 0.508 e. The average Bonchev–Trinajstić information content (AvgIpc) is 2.63. The van der Waals surface area contributed by atoms with Gasteiger partial charge in [0.1, 0.15) is 17.2 Å². The molecular formula is C18H12N2O6. The number of nitro benzene ring substituents is 2. The molecule has 0 heterocycles. The van der Waals surface area contributed by atoms with Crippen LogP contribution in [0.15, 0.2) is 66.7 Å². The zero-order chi connectivity index (χ0) is 18.7. The van der Waals surface area contributed by atoms with Crippen LogP contribution in [0.5, 0.6) is 17.2 Å². The van der Waals surface area contributed by atoms with Crippen LogP contribution in [-0.4, -0.2) is 15.0 Å². The summed E-state index contributed by atoms with van der Waals surface area (Å²) in [6.07, 6.45) is 0. The molecule has 0 amide bonds. The summed E-state index contributed by atoms with van der Waals surface area (Å²) in [7, 11) is 0. The summed E-state index contributed by atoms with van der Waals surface area (Å²) in [5.41, 5.74) is 0.924. The van der Waals surface area contributed by atoms with E-state index in [9.17, 15) is 25.3 Å². The van der Waals surface area contributed by atoms with Crippen LogP contribution in [0.1, 0.15) is 0 Å². The first-order valence-corrected chi connectivity index (χ1v) is 7.43. The smallest absolute Gasteiger partial charge is 0.280 e. The number of nitro groups is 2. The highest BCUT2D eigenvalue weighted by molar-refractivity contribution is 5.65. The van der Waals surface area contributed by atoms with Crippen LogP contribution in [0, 0.1) is 20.2 Å². The van der Waals surface area contributed by atoms with E-state index in [0.717, 1.165) is 29.3 Å². The van der Waals surface area contributed by atoms with E-state index in [1.54, 1.807) is 48.5 Å². The highest BCUT2D eigenvalue weighted by Crippen LogP contribution is 2.32. The summed E-state index contributed by atoms with van der Waals surface area (Å²) in [6.45, 7) is 0. The Kier molecular flexibility index (Phi) is 4.48. The third-order valence-electron chi connectivity index (χ3n) is 3.59. The van der Waals surface area contributed by atoms with Crippen LogP contribution in [0.4, 0.5) is 11.4 Å². The molecule has 8 nitrogen and oxygen atoms in total. The Morgan fingerprint density at radius 1 is 0.692 bits per heavy atom. The van der Waals surface area contributed by atoms with Gasteiger partial charge in [-0.05, 0) is 35.4 Å². The Morgan fingerprint density at radius 3 is 1.62 bits per heavy atom. The molecule has 0 fully saturated rings. The fourth-order valence-corrected chi connectivity index (χ4v) is 2.34. The maximum atomic E-state index is 10.9. The van der Waals surface area contributed by atoms with Crippen molar-refractivity contribution in [2.24, 2.45) is 0 Å². The van der Waals surface area contributed by atoms with Crippen molar-refractivity contribution in [2.45, 2.75) is 0 Å². The van der Waals surface area contributed by atoms with Gasteiger partial charge in [-0.2, -0.15) is 0 Å². The lowest BCUT2D eigenvalue weighted by molar-refractivity contribution is -0.394. The number of rotatable bonds is 5. The van der Waals surface area contributed by atoms with Crippen LogP contribution in [-0.2, 0) is 0 Å². The molecule has 130 valence electrons. The van der Waals surface area contributed by atoms with Gasteiger partial charge in [-0.1, -0.05) is 24.3 Å². The normalized spacial score (nSPS) is 10.3. The SMILES string of the molecule is O=[N+]([O-])c1cc(Oc2ccc(-c3ccc(O)cc3)cc2)cc([N+](=O)[O-])c1. The van der Waals surface area contributed by atoms with E-state index in [0.29, 0.717) is 5.75 Å². The number of non-ortho nitro benzene ring substituents is 2. The molecule has 0 aliphatic rings. The van der Waals surface area contributed by atoms with Crippen molar-refractivity contribution in [3.63, 3.8) is 0 Å². The van der Waals surface area contributed by atoms with Crippen LogP contribution in [0.3, 0.4) is 0 Å². The summed E-state index contributed by atoms with van der Waals surface area (Å²) in [4.78, 5) is 20.4. The predicted molar refractivity (Wildman–Crippen MR) is 93.4 cm³/mol. The second-order valence-electron chi connectivity index (χ2n) is 5.37. The molecule has 1 N–H and O–H groups in total. The van der Waals surface area contributed by atoms with Gasteiger partial charge in [0.05, 0.1) is 28.0 Å². The van der Waals surface area contributed by atoms with Crippen LogP contribution in [0.25, 0.3) is 11.1 Å². The van der Waals surface area contributed by atoms with Crippen molar-refractivity contribution in [3.8, 4) is 28.4 Å². The van der Waals surface area contributed by atoms with E-state index >= 15 is 0 Å². The summed E-state index contributed by atoms with van der Waals surface area (Å²) >= 11 is 0. The molecule has 3 aromatic rings. The molecule has 26 heavy (non-hydrogen) atoms. The molecule has 3 aromatic carbocycles. The zero-order valence-corrected chi connectivity index (χ0v) is 13.2. The molecule has 0 saturated heterocycles. The zero-order valence-electron chi connectivity index (χ0n) is 13.2. The molecule has 0 bridgehead atoms. The maximum absolute atomic E-state index is 10.9. The van der Waals surface area contributed by atoms with Crippen molar-refractivity contribution < 1.29 is 19.7 Å². The first-order chi connectivity index (χ1) is 12.4. The lowest BCUT2D eigenvalue weighted by Crippen LogP contribution is -1.94. The third kappa shape index (κ3) is 3.75. The predicted octanol–water partition coefficient (Wildman–Crippen LogP) is 4.67. The standard InChI is InChI=1S/C18H12N2O6/c21-16-5-1-12(2-6-16)13-3-7-17(8-4-13)26-18-10-14(19(22)23)9-15(11-18)20(24)25/h1-11,21H. The van der Waals surface area contributed by atoms with E-state index in [-0.39, 0.29) is 11.5 Å². The van der Waals surface area contributed by atoms with Crippen molar-refractivity contribution in [1.29, 1.82) is 0 Å². The summed E-state index contributed by atoms with van der Waals surface area (Å²) in [5.74, 6) is 0.548. The highest BCUT2D eigenvalue weighted by Gasteiger charge is 2.17. The number of ether oxygens (including phenoxy) is 1. The molecule has 8 heteroatoms. The molecular weight excluding hydrogens is 340 g/mol. The first-order valence-electron chi connectivity index (χ1n) is 7.43. The van der Waals surface area contributed by atoms with Gasteiger partial charge in [-0.25, -0.2) is 0 Å². The minimum atomic E-state index is -0.715. The number of phenolic OH excluding ortho intramolecular Hbond substituents is 1. The summed E-state index contributed by atoms with van der Waals surface area (Å²) in [6, 6.07) is 16.6. The highest BCUT2D eigenvalue weighted by atomic mass is 16.6. The average molecular weight is 352 g/mol. The lowest BCUT2D eigenvalue weighted by atomic mass is 10.1. The van der Waals surface area contributed by atoms with Gasteiger partial charge in [-0.15, -0.1) is 0 Å². The van der Waals surface area contributed by atoms with Crippen molar-refractivity contribution in [1.82, 2.24) is 0 Å². The minimum Gasteiger partial charge on any atom is -0.508 e. The van der Waals surface area contributed by atoms with Crippen LogP contribution in [0.2, 0.25) is 0 Å². The summed E-state index contributed by atoms with van der Waals surface area (Å²) < 4.78 is 5.52. The number of benzene rings is 3. The second-order valence-corrected chi connectivity index (χ2v) is 5.37. The van der Waals surface area contributed by atoms with E-state index in [2.05, 4.69) is 0 Å². The molecule has 0 unspecified atom stereocenters. The minimum absolute atomic E-state index is 0.00304. The molecule has 0 spiro atoms. The monoisotopic (exact) mass is 352 g/mol. The Labute approximate surface area is 147 Å². The quantitative estimate of drug-likeness (QED) is 0.527. The van der Waals surface area contributed by atoms with Gasteiger partial charge in [0, 0.05) is 0 Å². The van der Waals surface area contributed by atoms with Crippen molar-refractivity contribution in [3.05, 3.63) is 87.0 Å². The number of hydrogen-bond acceptors (Lipinski definition) is 6. The Hall–Kier alpha value is -3.94. The van der Waals surface area contributed by atoms with E-state index in [1.807, 2.05) is 0 Å². The van der Waals surface area contributed by atoms with E-state index in [1.165, 1.54) is 0 Å². The molecule has 0 atom stereocenters.